The summed E-state index contributed by atoms with van der Waals surface area (Å²) in [6.07, 6.45) is 2.05. The minimum atomic E-state index is -1.03. The highest BCUT2D eigenvalue weighted by Gasteiger charge is 2.28. The molecule has 122 valence electrons. The van der Waals surface area contributed by atoms with E-state index in [-0.39, 0.29) is 18.1 Å². The fourth-order valence-corrected chi connectivity index (χ4v) is 2.51. The first-order valence-electron chi connectivity index (χ1n) is 7.41. The van der Waals surface area contributed by atoms with Crippen molar-refractivity contribution in [2.24, 2.45) is 5.92 Å². The van der Waals surface area contributed by atoms with Crippen molar-refractivity contribution >= 4 is 12.0 Å². The van der Waals surface area contributed by atoms with Crippen molar-refractivity contribution in [3.63, 3.8) is 0 Å². The van der Waals surface area contributed by atoms with Crippen molar-refractivity contribution in [3.8, 4) is 0 Å². The quantitative estimate of drug-likeness (QED) is 0.600. The molecule has 2 amide bonds. The lowest BCUT2D eigenvalue weighted by atomic mass is 9.92. The number of urea groups is 1. The molecule has 1 saturated heterocycles. The molecule has 0 aliphatic carbocycles. The number of carboxylic acid groups (broad SMARTS) is 1. The molecule has 3 N–H and O–H groups in total. The Labute approximate surface area is 125 Å². The molecule has 0 bridgehead atoms. The fourth-order valence-electron chi connectivity index (χ4n) is 2.51. The summed E-state index contributed by atoms with van der Waals surface area (Å²) in [7, 11) is 1.56. The summed E-state index contributed by atoms with van der Waals surface area (Å²) in [5.41, 5.74) is 0. The van der Waals surface area contributed by atoms with Crippen LogP contribution in [0.15, 0.2) is 0 Å². The van der Waals surface area contributed by atoms with Gasteiger partial charge in [0.25, 0.3) is 0 Å². The first-order valence-corrected chi connectivity index (χ1v) is 7.41. The standard InChI is InChI=1S/C14H26N2O5/c1-10(17)11-5-7-16(8-6-11)14(20)15-12(13(18)19)4-3-9-21-2/h10-12,17H,3-9H2,1-2H3,(H,15,20)(H,18,19). The van der Waals surface area contributed by atoms with E-state index in [2.05, 4.69) is 5.32 Å². The third kappa shape index (κ3) is 5.89. The van der Waals surface area contributed by atoms with E-state index in [4.69, 9.17) is 9.84 Å². The van der Waals surface area contributed by atoms with Gasteiger partial charge in [0.15, 0.2) is 0 Å². The monoisotopic (exact) mass is 302 g/mol. The van der Waals surface area contributed by atoms with Crippen LogP contribution < -0.4 is 5.32 Å². The van der Waals surface area contributed by atoms with E-state index >= 15 is 0 Å². The van der Waals surface area contributed by atoms with Gasteiger partial charge < -0.3 is 25.2 Å². The molecule has 1 aliphatic heterocycles. The number of aliphatic carboxylic acids is 1. The zero-order chi connectivity index (χ0) is 15.8. The van der Waals surface area contributed by atoms with E-state index < -0.39 is 12.0 Å². The number of hydrogen-bond acceptors (Lipinski definition) is 4. The summed E-state index contributed by atoms with van der Waals surface area (Å²) >= 11 is 0. The summed E-state index contributed by atoms with van der Waals surface area (Å²) in [5, 5.41) is 21.2. The number of nitrogens with zero attached hydrogens (tertiary/aromatic N) is 1. The molecule has 0 radical (unpaired) electrons. The summed E-state index contributed by atoms with van der Waals surface area (Å²) in [4.78, 5) is 24.8. The number of rotatable bonds is 7. The average Bonchev–Trinajstić information content (AvgIpc) is 2.46. The van der Waals surface area contributed by atoms with Gasteiger partial charge in [-0.25, -0.2) is 9.59 Å². The number of ether oxygens (including phenoxy) is 1. The maximum absolute atomic E-state index is 12.1. The topological polar surface area (TPSA) is 99.1 Å². The van der Waals surface area contributed by atoms with Gasteiger partial charge in [0.1, 0.15) is 6.04 Å². The normalized spacial score (nSPS) is 19.1. The van der Waals surface area contributed by atoms with E-state index in [9.17, 15) is 14.7 Å². The van der Waals surface area contributed by atoms with E-state index in [0.717, 1.165) is 12.8 Å². The number of aliphatic hydroxyl groups excluding tert-OH is 1. The van der Waals surface area contributed by atoms with Crippen molar-refractivity contribution < 1.29 is 24.5 Å². The lowest BCUT2D eigenvalue weighted by Crippen LogP contribution is -2.50. The molecule has 1 rings (SSSR count). The molecule has 0 spiro atoms. The van der Waals surface area contributed by atoms with Crippen LogP contribution in [0.5, 0.6) is 0 Å². The van der Waals surface area contributed by atoms with Crippen LogP contribution in [0.2, 0.25) is 0 Å². The maximum atomic E-state index is 12.1. The van der Waals surface area contributed by atoms with Crippen molar-refractivity contribution in [1.82, 2.24) is 10.2 Å². The molecule has 0 aromatic rings. The van der Waals surface area contributed by atoms with Crippen LogP contribution in [0.4, 0.5) is 4.79 Å². The fraction of sp³-hybridized carbons (Fsp3) is 0.857. The van der Waals surface area contributed by atoms with E-state index in [1.165, 1.54) is 0 Å². The predicted molar refractivity (Wildman–Crippen MR) is 77.0 cm³/mol. The average molecular weight is 302 g/mol. The number of methoxy groups -OCH3 is 1. The number of carboxylic acids is 1. The summed E-state index contributed by atoms with van der Waals surface area (Å²) in [5.74, 6) is -0.815. The molecule has 7 heteroatoms. The Bertz CT molecular complexity index is 340. The van der Waals surface area contributed by atoms with Crippen molar-refractivity contribution in [3.05, 3.63) is 0 Å². The number of piperidine rings is 1. The molecule has 0 saturated carbocycles. The number of aliphatic hydroxyl groups is 1. The Balaban J connectivity index is 2.41. The molecule has 0 aromatic carbocycles. The first kappa shape index (κ1) is 17.7. The molecular weight excluding hydrogens is 276 g/mol. The second-order valence-corrected chi connectivity index (χ2v) is 5.54. The summed E-state index contributed by atoms with van der Waals surface area (Å²) < 4.78 is 4.89. The summed E-state index contributed by atoms with van der Waals surface area (Å²) in [6.45, 7) is 3.33. The zero-order valence-corrected chi connectivity index (χ0v) is 12.7. The smallest absolute Gasteiger partial charge is 0.326 e. The van der Waals surface area contributed by atoms with Gasteiger partial charge in [-0.05, 0) is 38.5 Å². The minimum absolute atomic E-state index is 0.214. The largest absolute Gasteiger partial charge is 0.480 e. The molecule has 1 heterocycles. The summed E-state index contributed by atoms with van der Waals surface area (Å²) in [6, 6.07) is -1.23. The molecule has 7 nitrogen and oxygen atoms in total. The molecule has 1 fully saturated rings. The van der Waals surface area contributed by atoms with E-state index in [1.807, 2.05) is 0 Å². The Morgan fingerprint density at radius 1 is 1.38 bits per heavy atom. The van der Waals surface area contributed by atoms with Gasteiger partial charge in [0.05, 0.1) is 6.10 Å². The SMILES string of the molecule is COCCCC(NC(=O)N1CCC(C(C)O)CC1)C(=O)O. The highest BCUT2D eigenvalue weighted by atomic mass is 16.5. The Kier molecular flexibility index (Phi) is 7.45. The number of amides is 2. The molecule has 1 aliphatic rings. The number of carbonyl (C=O) groups is 2. The highest BCUT2D eigenvalue weighted by molar-refractivity contribution is 5.82. The molecule has 0 aromatic heterocycles. The predicted octanol–water partition coefficient (Wildman–Crippen LogP) is 0.669. The lowest BCUT2D eigenvalue weighted by molar-refractivity contribution is -0.139. The van der Waals surface area contributed by atoms with Crippen LogP contribution in [0.1, 0.15) is 32.6 Å². The van der Waals surface area contributed by atoms with Crippen molar-refractivity contribution in [2.45, 2.75) is 44.8 Å². The van der Waals surface area contributed by atoms with Crippen molar-refractivity contribution in [2.75, 3.05) is 26.8 Å². The van der Waals surface area contributed by atoms with Gasteiger partial charge >= 0.3 is 12.0 Å². The van der Waals surface area contributed by atoms with Crippen LogP contribution in [-0.2, 0) is 9.53 Å². The zero-order valence-electron chi connectivity index (χ0n) is 12.7. The third-order valence-corrected chi connectivity index (χ3v) is 3.95. The maximum Gasteiger partial charge on any atom is 0.326 e. The highest BCUT2D eigenvalue weighted by Crippen LogP contribution is 2.20. The lowest BCUT2D eigenvalue weighted by Gasteiger charge is -2.33. The molecule has 21 heavy (non-hydrogen) atoms. The molecule has 2 unspecified atom stereocenters. The number of hydrogen-bond donors (Lipinski definition) is 3. The van der Waals surface area contributed by atoms with Crippen LogP contribution in [-0.4, -0.2) is 66.1 Å². The molecular formula is C14H26N2O5. The second-order valence-electron chi connectivity index (χ2n) is 5.54. The number of nitrogens with one attached hydrogen (secondary N) is 1. The van der Waals surface area contributed by atoms with Crippen LogP contribution in [0.3, 0.4) is 0 Å². The third-order valence-electron chi connectivity index (χ3n) is 3.95. The van der Waals surface area contributed by atoms with Crippen LogP contribution in [0.25, 0.3) is 0 Å². The van der Waals surface area contributed by atoms with Crippen molar-refractivity contribution in [1.29, 1.82) is 0 Å². The van der Waals surface area contributed by atoms with Gasteiger partial charge in [0.2, 0.25) is 0 Å². The minimum Gasteiger partial charge on any atom is -0.480 e. The Morgan fingerprint density at radius 3 is 2.48 bits per heavy atom. The van der Waals surface area contributed by atoms with Gasteiger partial charge in [0, 0.05) is 26.8 Å². The number of carbonyl (C=O) groups excluding carboxylic acids is 1. The van der Waals surface area contributed by atoms with Gasteiger partial charge in [-0.2, -0.15) is 0 Å². The van der Waals surface area contributed by atoms with Crippen LogP contribution in [0, 0.1) is 5.92 Å². The van der Waals surface area contributed by atoms with Gasteiger partial charge in [-0.1, -0.05) is 0 Å². The number of likely N-dealkylation sites (tertiary alicyclic amines) is 1. The van der Waals surface area contributed by atoms with Crippen LogP contribution >= 0.6 is 0 Å². The van der Waals surface area contributed by atoms with E-state index in [0.29, 0.717) is 32.5 Å². The molecule has 2 atom stereocenters. The second kappa shape index (κ2) is 8.84. The first-order chi connectivity index (χ1) is 9.95. The van der Waals surface area contributed by atoms with Gasteiger partial charge in [-0.15, -0.1) is 0 Å². The Morgan fingerprint density at radius 2 is 2.00 bits per heavy atom. The Hall–Kier alpha value is -1.34. The van der Waals surface area contributed by atoms with E-state index in [1.54, 1.807) is 18.9 Å². The van der Waals surface area contributed by atoms with Gasteiger partial charge in [-0.3, -0.25) is 0 Å².